The maximum absolute atomic E-state index is 11.9. The Morgan fingerprint density at radius 2 is 2.05 bits per heavy atom. The highest BCUT2D eigenvalue weighted by Gasteiger charge is 2.20. The summed E-state index contributed by atoms with van der Waals surface area (Å²) in [7, 11) is 4.02. The van der Waals surface area contributed by atoms with E-state index in [0.29, 0.717) is 12.4 Å². The van der Waals surface area contributed by atoms with E-state index in [2.05, 4.69) is 39.5 Å². The number of carbonyl (C=O) groups is 1. The number of nitrogen functional groups attached to an aromatic ring is 1. The van der Waals surface area contributed by atoms with Crippen LogP contribution in [0.25, 0.3) is 0 Å². The molecule has 7 nitrogen and oxygen atoms in total. The molecule has 0 bridgehead atoms. The Labute approximate surface area is 113 Å². The molecule has 0 aliphatic carbocycles. The molecule has 1 aromatic heterocycles. The molecular formula is C12H22N6O. The number of hydrazine groups is 1. The Morgan fingerprint density at radius 3 is 2.53 bits per heavy atom. The highest BCUT2D eigenvalue weighted by molar-refractivity contribution is 5.92. The van der Waals surface area contributed by atoms with Crippen LogP contribution >= 0.6 is 0 Å². The summed E-state index contributed by atoms with van der Waals surface area (Å²) >= 11 is 0. The number of nitrogens with zero attached hydrogens (tertiary/aromatic N) is 3. The molecule has 0 aromatic carbocycles. The summed E-state index contributed by atoms with van der Waals surface area (Å²) in [6.45, 7) is 5.65. The lowest BCUT2D eigenvalue weighted by molar-refractivity contribution is 0.0924. The van der Waals surface area contributed by atoms with Crippen LogP contribution in [0.4, 0.5) is 5.82 Å². The predicted octanol–water partition coefficient (Wildman–Crippen LogP) is 0.0798. The Morgan fingerprint density at radius 1 is 1.37 bits per heavy atom. The van der Waals surface area contributed by atoms with Crippen molar-refractivity contribution in [2.75, 3.05) is 32.6 Å². The lowest BCUT2D eigenvalue weighted by Crippen LogP contribution is -2.40. The van der Waals surface area contributed by atoms with E-state index in [4.69, 9.17) is 5.84 Å². The van der Waals surface area contributed by atoms with Gasteiger partial charge in [0.25, 0.3) is 5.91 Å². The van der Waals surface area contributed by atoms with Crippen molar-refractivity contribution in [1.29, 1.82) is 0 Å². The molecule has 106 valence electrons. The van der Waals surface area contributed by atoms with Gasteiger partial charge in [0.1, 0.15) is 5.69 Å². The molecule has 0 aliphatic rings. The van der Waals surface area contributed by atoms with Crippen LogP contribution in [0.15, 0.2) is 12.4 Å². The van der Waals surface area contributed by atoms with E-state index in [0.717, 1.165) is 6.54 Å². The minimum Gasteiger partial charge on any atom is -0.350 e. The molecule has 19 heavy (non-hydrogen) atoms. The van der Waals surface area contributed by atoms with Gasteiger partial charge < -0.3 is 15.6 Å². The van der Waals surface area contributed by atoms with Gasteiger partial charge in [0, 0.05) is 13.1 Å². The van der Waals surface area contributed by atoms with Crippen molar-refractivity contribution in [3.8, 4) is 0 Å². The molecule has 0 atom stereocenters. The minimum absolute atomic E-state index is 0.00859. The summed E-state index contributed by atoms with van der Waals surface area (Å²) in [5.74, 6) is 5.37. The molecule has 0 radical (unpaired) electrons. The van der Waals surface area contributed by atoms with Crippen LogP contribution in [0, 0.1) is 5.41 Å². The Balaban J connectivity index is 2.55. The first-order valence-corrected chi connectivity index (χ1v) is 6.06. The van der Waals surface area contributed by atoms with Gasteiger partial charge in [0.05, 0.1) is 12.4 Å². The maximum Gasteiger partial charge on any atom is 0.271 e. The number of aromatic nitrogens is 2. The second-order valence-electron chi connectivity index (χ2n) is 5.52. The van der Waals surface area contributed by atoms with Gasteiger partial charge in [-0.2, -0.15) is 0 Å². The fourth-order valence-corrected chi connectivity index (χ4v) is 1.84. The summed E-state index contributed by atoms with van der Waals surface area (Å²) < 4.78 is 0. The zero-order valence-electron chi connectivity index (χ0n) is 11.9. The van der Waals surface area contributed by atoms with Gasteiger partial charge in [-0.15, -0.1) is 0 Å². The van der Waals surface area contributed by atoms with E-state index in [-0.39, 0.29) is 17.0 Å². The second-order valence-corrected chi connectivity index (χ2v) is 5.52. The fraction of sp³-hybridized carbons (Fsp3) is 0.583. The van der Waals surface area contributed by atoms with Gasteiger partial charge in [0.2, 0.25) is 0 Å². The monoisotopic (exact) mass is 266 g/mol. The van der Waals surface area contributed by atoms with Gasteiger partial charge in [0.15, 0.2) is 5.82 Å². The smallest absolute Gasteiger partial charge is 0.271 e. The third kappa shape index (κ3) is 5.19. The molecule has 0 aliphatic heterocycles. The zero-order valence-corrected chi connectivity index (χ0v) is 11.9. The average molecular weight is 266 g/mol. The zero-order chi connectivity index (χ0) is 14.5. The summed E-state index contributed by atoms with van der Waals surface area (Å²) in [5.41, 5.74) is 2.63. The Kier molecular flexibility index (Phi) is 5.20. The molecule has 0 unspecified atom stereocenters. The van der Waals surface area contributed by atoms with E-state index in [1.165, 1.54) is 12.4 Å². The van der Waals surface area contributed by atoms with E-state index in [1.807, 2.05) is 14.1 Å². The van der Waals surface area contributed by atoms with Crippen molar-refractivity contribution in [3.63, 3.8) is 0 Å². The minimum atomic E-state index is -0.233. The largest absolute Gasteiger partial charge is 0.350 e. The quantitative estimate of drug-likeness (QED) is 0.498. The fourth-order valence-electron chi connectivity index (χ4n) is 1.84. The molecule has 0 spiro atoms. The lowest BCUT2D eigenvalue weighted by atomic mass is 9.93. The van der Waals surface area contributed by atoms with Crippen molar-refractivity contribution in [2.24, 2.45) is 11.3 Å². The summed E-state index contributed by atoms with van der Waals surface area (Å²) in [4.78, 5) is 21.9. The van der Waals surface area contributed by atoms with Crippen LogP contribution in [-0.4, -0.2) is 48.0 Å². The number of hydrogen-bond donors (Lipinski definition) is 3. The van der Waals surface area contributed by atoms with E-state index in [1.54, 1.807) is 0 Å². The van der Waals surface area contributed by atoms with Crippen molar-refractivity contribution >= 4 is 11.7 Å². The first-order valence-electron chi connectivity index (χ1n) is 6.06. The van der Waals surface area contributed by atoms with Gasteiger partial charge in [-0.05, 0) is 19.5 Å². The average Bonchev–Trinajstić information content (AvgIpc) is 2.34. The van der Waals surface area contributed by atoms with Crippen LogP contribution in [0.2, 0.25) is 0 Å². The molecule has 7 heteroatoms. The van der Waals surface area contributed by atoms with Crippen molar-refractivity contribution in [1.82, 2.24) is 20.2 Å². The van der Waals surface area contributed by atoms with Crippen LogP contribution < -0.4 is 16.6 Å². The van der Waals surface area contributed by atoms with Crippen LogP contribution in [0.1, 0.15) is 24.3 Å². The van der Waals surface area contributed by atoms with Crippen molar-refractivity contribution in [2.45, 2.75) is 13.8 Å². The molecule has 1 rings (SSSR count). The number of rotatable bonds is 6. The van der Waals surface area contributed by atoms with Gasteiger partial charge in [-0.25, -0.2) is 15.8 Å². The molecule has 1 heterocycles. The van der Waals surface area contributed by atoms with Crippen LogP contribution in [-0.2, 0) is 0 Å². The number of nitrogens with two attached hydrogens (primary N) is 1. The third-order valence-electron chi connectivity index (χ3n) is 2.50. The van der Waals surface area contributed by atoms with Gasteiger partial charge in [-0.1, -0.05) is 13.8 Å². The third-order valence-corrected chi connectivity index (χ3v) is 2.50. The van der Waals surface area contributed by atoms with Gasteiger partial charge >= 0.3 is 0 Å². The highest BCUT2D eigenvalue weighted by Crippen LogP contribution is 2.14. The Bertz CT molecular complexity index is 415. The summed E-state index contributed by atoms with van der Waals surface area (Å²) in [5, 5.41) is 2.86. The van der Waals surface area contributed by atoms with E-state index in [9.17, 15) is 4.79 Å². The molecule has 1 aromatic rings. The first kappa shape index (κ1) is 15.3. The molecule has 4 N–H and O–H groups in total. The predicted molar refractivity (Wildman–Crippen MR) is 74.5 cm³/mol. The second kappa shape index (κ2) is 6.44. The molecule has 0 saturated carbocycles. The highest BCUT2D eigenvalue weighted by atomic mass is 16.1. The first-order chi connectivity index (χ1) is 8.84. The number of hydrogen-bond acceptors (Lipinski definition) is 6. The van der Waals surface area contributed by atoms with Crippen LogP contribution in [0.3, 0.4) is 0 Å². The Hall–Kier alpha value is -1.73. The number of amides is 1. The lowest BCUT2D eigenvalue weighted by Gasteiger charge is -2.28. The van der Waals surface area contributed by atoms with Gasteiger partial charge in [-0.3, -0.25) is 4.79 Å². The van der Waals surface area contributed by atoms with E-state index < -0.39 is 0 Å². The normalized spacial score (nSPS) is 11.5. The molecule has 0 fully saturated rings. The SMILES string of the molecule is CN(C)CC(C)(C)CNC(=O)c1cnc(NN)cn1. The van der Waals surface area contributed by atoms with E-state index >= 15 is 0 Å². The number of carbonyl (C=O) groups excluding carboxylic acids is 1. The van der Waals surface area contributed by atoms with Crippen molar-refractivity contribution in [3.05, 3.63) is 18.1 Å². The summed E-state index contributed by atoms with van der Waals surface area (Å²) in [6.07, 6.45) is 2.81. The maximum atomic E-state index is 11.9. The molecular weight excluding hydrogens is 244 g/mol. The number of nitrogens with one attached hydrogen (secondary N) is 2. The topological polar surface area (TPSA) is 96.2 Å². The van der Waals surface area contributed by atoms with Crippen LogP contribution in [0.5, 0.6) is 0 Å². The molecule has 1 amide bonds. The summed E-state index contributed by atoms with van der Waals surface area (Å²) in [6, 6.07) is 0. The molecule has 0 saturated heterocycles. The number of anilines is 1. The van der Waals surface area contributed by atoms with Crippen molar-refractivity contribution < 1.29 is 4.79 Å². The standard InChI is InChI=1S/C12H22N6O/c1-12(2,8-18(3)4)7-16-11(19)9-5-15-10(17-13)6-14-9/h5-6H,7-8,13H2,1-4H3,(H,15,17)(H,16,19).